The van der Waals surface area contributed by atoms with Crippen LogP contribution in [-0.4, -0.2) is 24.0 Å². The third-order valence-corrected chi connectivity index (χ3v) is 2.97. The number of carbonyl (C=O) groups is 1. The summed E-state index contributed by atoms with van der Waals surface area (Å²) in [7, 11) is 0. The highest BCUT2D eigenvalue weighted by molar-refractivity contribution is 7.98. The molecule has 0 aliphatic heterocycles. The molecule has 0 heterocycles. The number of amides is 1. The van der Waals surface area contributed by atoms with Crippen LogP contribution in [0.5, 0.6) is 0 Å². The van der Waals surface area contributed by atoms with E-state index in [4.69, 9.17) is 11.0 Å². The molecule has 1 amide bonds. The third-order valence-electron chi connectivity index (χ3n) is 2.33. The zero-order chi connectivity index (χ0) is 13.5. The van der Waals surface area contributed by atoms with Gasteiger partial charge in [-0.25, -0.2) is 4.39 Å². The monoisotopic (exact) mass is 267 g/mol. The van der Waals surface area contributed by atoms with Gasteiger partial charge in [0.2, 0.25) is 5.91 Å². The van der Waals surface area contributed by atoms with E-state index in [1.165, 1.54) is 12.1 Å². The lowest BCUT2D eigenvalue weighted by Gasteiger charge is -2.12. The molecule has 0 unspecified atom stereocenters. The molecule has 0 radical (unpaired) electrons. The van der Waals surface area contributed by atoms with Crippen LogP contribution in [0.15, 0.2) is 18.2 Å². The number of halogens is 1. The van der Waals surface area contributed by atoms with Crippen molar-refractivity contribution < 1.29 is 9.18 Å². The van der Waals surface area contributed by atoms with E-state index in [1.807, 2.05) is 12.3 Å². The summed E-state index contributed by atoms with van der Waals surface area (Å²) in [6.07, 6.45) is 2.48. The Labute approximate surface area is 109 Å². The lowest BCUT2D eigenvalue weighted by atomic mass is 10.1. The van der Waals surface area contributed by atoms with Gasteiger partial charge in [0.05, 0.1) is 17.3 Å². The van der Waals surface area contributed by atoms with Crippen molar-refractivity contribution in [3.8, 4) is 6.07 Å². The maximum absolute atomic E-state index is 12.9. The number of thioether (sulfide) groups is 1. The Hall–Kier alpha value is -1.58. The van der Waals surface area contributed by atoms with Crippen LogP contribution < -0.4 is 11.1 Å². The third kappa shape index (κ3) is 4.02. The molecule has 3 N–H and O–H groups in total. The van der Waals surface area contributed by atoms with E-state index >= 15 is 0 Å². The Morgan fingerprint density at radius 1 is 1.67 bits per heavy atom. The summed E-state index contributed by atoms with van der Waals surface area (Å²) in [5.41, 5.74) is 6.05. The van der Waals surface area contributed by atoms with Gasteiger partial charge in [-0.1, -0.05) is 0 Å². The molecule has 0 aromatic heterocycles. The van der Waals surface area contributed by atoms with E-state index in [0.29, 0.717) is 6.42 Å². The normalized spacial score (nSPS) is 11.7. The molecular formula is C12H14FN3OS. The summed E-state index contributed by atoms with van der Waals surface area (Å²) in [6, 6.07) is 4.80. The van der Waals surface area contributed by atoms with Gasteiger partial charge in [-0.05, 0) is 36.6 Å². The second-order valence-electron chi connectivity index (χ2n) is 3.68. The SMILES string of the molecule is CSCC[C@@H](N)C(=O)Nc1ccc(F)cc1C#N. The van der Waals surface area contributed by atoms with Crippen LogP contribution in [0.1, 0.15) is 12.0 Å². The van der Waals surface area contributed by atoms with Crippen molar-refractivity contribution in [1.82, 2.24) is 0 Å². The van der Waals surface area contributed by atoms with E-state index in [0.717, 1.165) is 11.8 Å². The van der Waals surface area contributed by atoms with Crippen LogP contribution in [-0.2, 0) is 4.79 Å². The molecule has 96 valence electrons. The van der Waals surface area contributed by atoms with Crippen molar-refractivity contribution in [3.05, 3.63) is 29.6 Å². The fraction of sp³-hybridized carbons (Fsp3) is 0.333. The molecule has 0 saturated carbocycles. The molecule has 1 atom stereocenters. The first kappa shape index (κ1) is 14.5. The molecule has 6 heteroatoms. The smallest absolute Gasteiger partial charge is 0.241 e. The molecule has 1 rings (SSSR count). The molecule has 0 aliphatic carbocycles. The number of hydrogen-bond donors (Lipinski definition) is 2. The maximum atomic E-state index is 12.9. The van der Waals surface area contributed by atoms with Gasteiger partial charge in [-0.2, -0.15) is 17.0 Å². The van der Waals surface area contributed by atoms with E-state index in [1.54, 1.807) is 11.8 Å². The Morgan fingerprint density at radius 3 is 3.00 bits per heavy atom. The number of hydrogen-bond acceptors (Lipinski definition) is 4. The van der Waals surface area contributed by atoms with Crippen molar-refractivity contribution >= 4 is 23.4 Å². The van der Waals surface area contributed by atoms with Crippen LogP contribution in [0.2, 0.25) is 0 Å². The lowest BCUT2D eigenvalue weighted by molar-refractivity contribution is -0.117. The molecule has 1 aromatic rings. The average Bonchev–Trinajstić information content (AvgIpc) is 2.37. The molecule has 4 nitrogen and oxygen atoms in total. The molecule has 1 aromatic carbocycles. The first-order valence-corrected chi connectivity index (χ1v) is 6.73. The number of carbonyl (C=O) groups excluding carboxylic acids is 1. The highest BCUT2D eigenvalue weighted by Gasteiger charge is 2.14. The van der Waals surface area contributed by atoms with E-state index in [-0.39, 0.29) is 17.2 Å². The fourth-order valence-electron chi connectivity index (χ4n) is 1.32. The van der Waals surface area contributed by atoms with Crippen molar-refractivity contribution in [1.29, 1.82) is 5.26 Å². The Bertz CT molecular complexity index is 473. The van der Waals surface area contributed by atoms with Crippen molar-refractivity contribution in [2.75, 3.05) is 17.3 Å². The van der Waals surface area contributed by atoms with E-state index < -0.39 is 11.9 Å². The first-order valence-electron chi connectivity index (χ1n) is 5.33. The number of nitrogens with zero attached hydrogens (tertiary/aromatic N) is 1. The summed E-state index contributed by atoms with van der Waals surface area (Å²) in [4.78, 5) is 11.7. The van der Waals surface area contributed by atoms with Gasteiger partial charge in [0, 0.05) is 0 Å². The quantitative estimate of drug-likeness (QED) is 0.851. The highest BCUT2D eigenvalue weighted by atomic mass is 32.2. The Kier molecular flexibility index (Phi) is 5.62. The topological polar surface area (TPSA) is 78.9 Å². The number of nitrogens with one attached hydrogen (secondary N) is 1. The number of nitriles is 1. The van der Waals surface area contributed by atoms with Crippen LogP contribution in [0.4, 0.5) is 10.1 Å². The number of anilines is 1. The maximum Gasteiger partial charge on any atom is 0.241 e. The van der Waals surface area contributed by atoms with Gasteiger partial charge in [0.25, 0.3) is 0 Å². The standard InChI is InChI=1S/C12H14FN3OS/c1-18-5-4-10(15)12(17)16-11-3-2-9(13)6-8(11)7-14/h2-3,6,10H,4-5,15H2,1H3,(H,16,17)/t10-/m1/s1. The van der Waals surface area contributed by atoms with Gasteiger partial charge in [0.1, 0.15) is 11.9 Å². The molecule has 0 aliphatic rings. The number of benzene rings is 1. The Balaban J connectivity index is 2.73. The van der Waals surface area contributed by atoms with Crippen LogP contribution in [0, 0.1) is 17.1 Å². The minimum atomic E-state index is -0.631. The molecule has 18 heavy (non-hydrogen) atoms. The van der Waals surface area contributed by atoms with Crippen LogP contribution in [0.25, 0.3) is 0 Å². The highest BCUT2D eigenvalue weighted by Crippen LogP contribution is 2.16. The van der Waals surface area contributed by atoms with Gasteiger partial charge >= 0.3 is 0 Å². The van der Waals surface area contributed by atoms with E-state index in [2.05, 4.69) is 5.32 Å². The average molecular weight is 267 g/mol. The molecule has 0 spiro atoms. The summed E-state index contributed by atoms with van der Waals surface area (Å²) in [5, 5.41) is 11.4. The summed E-state index contributed by atoms with van der Waals surface area (Å²) in [6.45, 7) is 0. The molecular weight excluding hydrogens is 253 g/mol. The van der Waals surface area contributed by atoms with Gasteiger partial charge < -0.3 is 11.1 Å². The lowest BCUT2D eigenvalue weighted by Crippen LogP contribution is -2.36. The zero-order valence-electron chi connectivity index (χ0n) is 9.94. The van der Waals surface area contributed by atoms with Crippen molar-refractivity contribution in [2.45, 2.75) is 12.5 Å². The van der Waals surface area contributed by atoms with E-state index in [9.17, 15) is 9.18 Å². The van der Waals surface area contributed by atoms with Crippen LogP contribution >= 0.6 is 11.8 Å². The second kappa shape index (κ2) is 6.99. The van der Waals surface area contributed by atoms with Crippen LogP contribution in [0.3, 0.4) is 0 Å². The van der Waals surface area contributed by atoms with Gasteiger partial charge in [0.15, 0.2) is 0 Å². The summed E-state index contributed by atoms with van der Waals surface area (Å²) >= 11 is 1.60. The first-order chi connectivity index (χ1) is 8.58. The predicted octanol–water partition coefficient (Wildman–Crippen LogP) is 1.72. The number of rotatable bonds is 5. The minimum Gasteiger partial charge on any atom is -0.324 e. The largest absolute Gasteiger partial charge is 0.324 e. The zero-order valence-corrected chi connectivity index (χ0v) is 10.8. The summed E-state index contributed by atoms with van der Waals surface area (Å²) in [5.74, 6) is -0.105. The van der Waals surface area contributed by atoms with Crippen molar-refractivity contribution in [3.63, 3.8) is 0 Å². The summed E-state index contributed by atoms with van der Waals surface area (Å²) < 4.78 is 12.9. The van der Waals surface area contributed by atoms with Gasteiger partial charge in [-0.3, -0.25) is 4.79 Å². The number of nitrogens with two attached hydrogens (primary N) is 1. The van der Waals surface area contributed by atoms with Crippen molar-refractivity contribution in [2.24, 2.45) is 5.73 Å². The minimum absolute atomic E-state index is 0.0837. The van der Waals surface area contributed by atoms with Gasteiger partial charge in [-0.15, -0.1) is 0 Å². The Morgan fingerprint density at radius 2 is 2.39 bits per heavy atom. The molecule has 0 fully saturated rings. The predicted molar refractivity (Wildman–Crippen MR) is 70.7 cm³/mol. The molecule has 0 saturated heterocycles. The second-order valence-corrected chi connectivity index (χ2v) is 4.66. The fourth-order valence-corrected chi connectivity index (χ4v) is 1.81. The molecule has 0 bridgehead atoms.